The van der Waals surface area contributed by atoms with Crippen LogP contribution in [0.5, 0.6) is 0 Å². The number of rotatable bonds is 2. The van der Waals surface area contributed by atoms with Crippen LogP contribution in [-0.4, -0.2) is 39.6 Å². The first-order valence-corrected chi connectivity index (χ1v) is 7.25. The summed E-state index contributed by atoms with van der Waals surface area (Å²) in [4.78, 5) is 11.3. The Morgan fingerprint density at radius 3 is 2.65 bits per heavy atom. The lowest BCUT2D eigenvalue weighted by Crippen LogP contribution is -2.18. The minimum atomic E-state index is 0.607. The fourth-order valence-electron chi connectivity index (χ4n) is 3.33. The van der Waals surface area contributed by atoms with Crippen LogP contribution < -0.4 is 5.73 Å². The molecule has 0 aliphatic carbocycles. The van der Waals surface area contributed by atoms with E-state index in [9.17, 15) is 0 Å². The Morgan fingerprint density at radius 2 is 2.00 bits per heavy atom. The van der Waals surface area contributed by atoms with Crippen molar-refractivity contribution in [3.05, 3.63) is 17.1 Å². The van der Waals surface area contributed by atoms with Gasteiger partial charge in [-0.25, -0.2) is 9.97 Å². The van der Waals surface area contributed by atoms with E-state index in [4.69, 9.17) is 5.73 Å². The number of hydrogen-bond donors (Lipinski definition) is 1. The zero-order valence-electron chi connectivity index (χ0n) is 12.8. The molecule has 5 nitrogen and oxygen atoms in total. The summed E-state index contributed by atoms with van der Waals surface area (Å²) in [6.45, 7) is 9.56. The summed E-state index contributed by atoms with van der Waals surface area (Å²) in [5.41, 5.74) is 9.57. The van der Waals surface area contributed by atoms with Crippen LogP contribution in [-0.2, 0) is 6.54 Å². The summed E-state index contributed by atoms with van der Waals surface area (Å²) in [7, 11) is 2.19. The fourth-order valence-corrected chi connectivity index (χ4v) is 3.33. The van der Waals surface area contributed by atoms with Crippen LogP contribution in [0.4, 0.5) is 5.82 Å². The van der Waals surface area contributed by atoms with E-state index in [-0.39, 0.29) is 0 Å². The second kappa shape index (κ2) is 4.74. The zero-order valence-corrected chi connectivity index (χ0v) is 12.8. The number of aromatic nitrogens is 3. The average Bonchev–Trinajstić information content (AvgIpc) is 2.87. The van der Waals surface area contributed by atoms with Crippen molar-refractivity contribution in [3.8, 4) is 0 Å². The fraction of sp³-hybridized carbons (Fsp3) is 0.600. The van der Waals surface area contributed by atoms with Gasteiger partial charge in [0.1, 0.15) is 17.3 Å². The van der Waals surface area contributed by atoms with E-state index in [0.29, 0.717) is 11.7 Å². The van der Waals surface area contributed by atoms with Crippen molar-refractivity contribution in [2.45, 2.75) is 33.7 Å². The van der Waals surface area contributed by atoms with Crippen molar-refractivity contribution in [2.75, 3.05) is 25.9 Å². The van der Waals surface area contributed by atoms with Gasteiger partial charge in [-0.15, -0.1) is 0 Å². The number of nitrogen functional groups attached to an aromatic ring is 1. The first kappa shape index (κ1) is 13.4. The number of anilines is 1. The highest BCUT2D eigenvalue weighted by molar-refractivity contribution is 5.91. The smallest absolute Gasteiger partial charge is 0.146 e. The Hall–Kier alpha value is -1.62. The van der Waals surface area contributed by atoms with E-state index < -0.39 is 0 Å². The SMILES string of the molecule is Cc1nc(N)c2c(C)c(C)n(CC3CCN(C)C3)c2n1. The number of aryl methyl sites for hydroxylation is 2. The van der Waals surface area contributed by atoms with Gasteiger partial charge in [-0.2, -0.15) is 0 Å². The molecule has 1 aliphatic rings. The molecule has 5 heteroatoms. The quantitative estimate of drug-likeness (QED) is 0.907. The van der Waals surface area contributed by atoms with E-state index >= 15 is 0 Å². The molecule has 108 valence electrons. The molecule has 0 aromatic carbocycles. The van der Waals surface area contributed by atoms with E-state index in [1.165, 1.54) is 24.2 Å². The molecule has 0 radical (unpaired) electrons. The molecule has 0 bridgehead atoms. The van der Waals surface area contributed by atoms with Crippen LogP contribution in [0.25, 0.3) is 11.0 Å². The molecule has 2 aromatic rings. The summed E-state index contributed by atoms with van der Waals surface area (Å²) in [6.07, 6.45) is 1.26. The van der Waals surface area contributed by atoms with Gasteiger partial charge in [-0.1, -0.05) is 0 Å². The molecule has 3 heterocycles. The van der Waals surface area contributed by atoms with Gasteiger partial charge in [0.05, 0.1) is 5.39 Å². The third-order valence-corrected chi connectivity index (χ3v) is 4.54. The zero-order chi connectivity index (χ0) is 14.4. The Bertz CT molecular complexity index is 658. The third-order valence-electron chi connectivity index (χ3n) is 4.54. The highest BCUT2D eigenvalue weighted by atomic mass is 15.1. The topological polar surface area (TPSA) is 60.0 Å². The average molecular weight is 273 g/mol. The van der Waals surface area contributed by atoms with Crippen LogP contribution in [0.1, 0.15) is 23.5 Å². The molecular formula is C15H23N5. The van der Waals surface area contributed by atoms with E-state index in [2.05, 4.69) is 40.3 Å². The van der Waals surface area contributed by atoms with Gasteiger partial charge >= 0.3 is 0 Å². The lowest BCUT2D eigenvalue weighted by Gasteiger charge is -2.14. The lowest BCUT2D eigenvalue weighted by molar-refractivity contribution is 0.378. The molecule has 1 fully saturated rings. The number of hydrogen-bond acceptors (Lipinski definition) is 4. The highest BCUT2D eigenvalue weighted by Gasteiger charge is 2.23. The first-order valence-electron chi connectivity index (χ1n) is 7.25. The summed E-state index contributed by atoms with van der Waals surface area (Å²) in [5.74, 6) is 2.05. The van der Waals surface area contributed by atoms with Crippen molar-refractivity contribution in [1.29, 1.82) is 0 Å². The van der Waals surface area contributed by atoms with Gasteiger partial charge in [0.25, 0.3) is 0 Å². The third kappa shape index (κ3) is 2.06. The van der Waals surface area contributed by atoms with Crippen LogP contribution in [0.15, 0.2) is 0 Å². The number of nitrogens with two attached hydrogens (primary N) is 1. The minimum absolute atomic E-state index is 0.607. The van der Waals surface area contributed by atoms with Crippen LogP contribution >= 0.6 is 0 Å². The first-order chi connectivity index (χ1) is 9.47. The van der Waals surface area contributed by atoms with Gasteiger partial charge in [-0.3, -0.25) is 0 Å². The van der Waals surface area contributed by atoms with E-state index in [1.807, 2.05) is 6.92 Å². The molecule has 1 unspecified atom stereocenters. The van der Waals surface area contributed by atoms with Crippen molar-refractivity contribution in [2.24, 2.45) is 5.92 Å². The Morgan fingerprint density at radius 1 is 1.25 bits per heavy atom. The predicted molar refractivity (Wildman–Crippen MR) is 81.8 cm³/mol. The largest absolute Gasteiger partial charge is 0.383 e. The summed E-state index contributed by atoms with van der Waals surface area (Å²) in [5, 5.41) is 1.03. The van der Waals surface area contributed by atoms with Crippen molar-refractivity contribution in [3.63, 3.8) is 0 Å². The maximum atomic E-state index is 6.10. The Balaban J connectivity index is 2.08. The molecular weight excluding hydrogens is 250 g/mol. The molecule has 2 aromatic heterocycles. The van der Waals surface area contributed by atoms with Gasteiger partial charge in [0, 0.05) is 18.8 Å². The van der Waals surface area contributed by atoms with Gasteiger partial charge in [0.2, 0.25) is 0 Å². The van der Waals surface area contributed by atoms with Gasteiger partial charge in [0.15, 0.2) is 0 Å². The second-order valence-corrected chi connectivity index (χ2v) is 6.09. The van der Waals surface area contributed by atoms with Crippen molar-refractivity contribution in [1.82, 2.24) is 19.4 Å². The molecule has 0 saturated carbocycles. The van der Waals surface area contributed by atoms with Crippen LogP contribution in [0.2, 0.25) is 0 Å². The molecule has 2 N–H and O–H groups in total. The molecule has 1 aliphatic heterocycles. The molecule has 0 amide bonds. The molecule has 20 heavy (non-hydrogen) atoms. The van der Waals surface area contributed by atoms with Gasteiger partial charge < -0.3 is 15.2 Å². The van der Waals surface area contributed by atoms with Crippen LogP contribution in [0.3, 0.4) is 0 Å². The lowest BCUT2D eigenvalue weighted by atomic mass is 10.1. The monoisotopic (exact) mass is 273 g/mol. The summed E-state index contributed by atoms with van der Waals surface area (Å²) < 4.78 is 2.33. The molecule has 0 spiro atoms. The van der Waals surface area contributed by atoms with Crippen molar-refractivity contribution >= 4 is 16.9 Å². The maximum Gasteiger partial charge on any atom is 0.146 e. The normalized spacial score (nSPS) is 20.1. The van der Waals surface area contributed by atoms with Gasteiger partial charge in [-0.05, 0) is 52.3 Å². The Kier molecular flexibility index (Phi) is 3.17. The minimum Gasteiger partial charge on any atom is -0.383 e. The standard InChI is InChI=1S/C15H23N5/c1-9-10(2)20(8-12-5-6-19(4)7-12)15-13(9)14(16)17-11(3)18-15/h12H,5-8H2,1-4H3,(H2,16,17,18). The van der Waals surface area contributed by atoms with Crippen LogP contribution in [0, 0.1) is 26.7 Å². The molecule has 1 saturated heterocycles. The van der Waals surface area contributed by atoms with E-state index in [1.54, 1.807) is 0 Å². The second-order valence-electron chi connectivity index (χ2n) is 6.09. The number of fused-ring (bicyclic) bond motifs is 1. The van der Waals surface area contributed by atoms with E-state index in [0.717, 1.165) is 29.9 Å². The summed E-state index contributed by atoms with van der Waals surface area (Å²) in [6, 6.07) is 0. The Labute approximate surface area is 119 Å². The predicted octanol–water partition coefficient (Wildman–Crippen LogP) is 1.89. The highest BCUT2D eigenvalue weighted by Crippen LogP contribution is 2.29. The molecule has 1 atom stereocenters. The summed E-state index contributed by atoms with van der Waals surface area (Å²) >= 11 is 0. The van der Waals surface area contributed by atoms with Crippen molar-refractivity contribution < 1.29 is 0 Å². The number of nitrogens with zero attached hydrogens (tertiary/aromatic N) is 4. The molecule has 3 rings (SSSR count). The maximum absolute atomic E-state index is 6.10. The number of likely N-dealkylation sites (tertiary alicyclic amines) is 1.